The summed E-state index contributed by atoms with van der Waals surface area (Å²) in [7, 11) is 0. The van der Waals surface area contributed by atoms with Crippen LogP contribution in [0.4, 0.5) is 0 Å². The molecule has 6 heteroatoms. The zero-order valence-corrected chi connectivity index (χ0v) is 44.6. The van der Waals surface area contributed by atoms with Gasteiger partial charge in [-0.2, -0.15) is 0 Å². The van der Waals surface area contributed by atoms with E-state index < -0.39 is 12.1 Å². The Kier molecular flexibility index (Phi) is 52.7. The molecule has 0 amide bonds. The van der Waals surface area contributed by atoms with E-state index in [1.165, 1.54) is 0 Å². The second-order valence-corrected chi connectivity index (χ2v) is 17.0. The van der Waals surface area contributed by atoms with Crippen LogP contribution >= 0.6 is 0 Å². The number of ether oxygens (including phenoxy) is 3. The molecule has 0 rings (SSSR count). The molecule has 0 bridgehead atoms. The summed E-state index contributed by atoms with van der Waals surface area (Å²) in [4.78, 5) is 38.1. The van der Waals surface area contributed by atoms with E-state index >= 15 is 0 Å². The lowest BCUT2D eigenvalue weighted by Crippen LogP contribution is -2.30. The lowest BCUT2D eigenvalue weighted by Gasteiger charge is -2.18. The molecule has 0 aliphatic carbocycles. The van der Waals surface area contributed by atoms with E-state index in [9.17, 15) is 14.4 Å². The molecule has 1 unspecified atom stereocenters. The number of unbranched alkanes of at least 4 members (excludes halogenated alkanes) is 5. The van der Waals surface area contributed by atoms with Gasteiger partial charge in [-0.15, -0.1) is 0 Å². The van der Waals surface area contributed by atoms with Crippen LogP contribution in [0.1, 0.15) is 188 Å². The average Bonchev–Trinajstić information content (AvgIpc) is 3.37. The number of allylic oxidation sites excluding steroid dienone is 30. The zero-order chi connectivity index (χ0) is 51.4. The normalized spacial score (nSPS) is 13.6. The number of carbonyl (C=O) groups excluding carboxylic acids is 3. The van der Waals surface area contributed by atoms with E-state index in [0.717, 1.165) is 135 Å². The molecule has 392 valence electrons. The van der Waals surface area contributed by atoms with Crippen molar-refractivity contribution in [2.45, 2.75) is 194 Å². The summed E-state index contributed by atoms with van der Waals surface area (Å²) < 4.78 is 16.7. The highest BCUT2D eigenvalue weighted by atomic mass is 16.6. The van der Waals surface area contributed by atoms with Gasteiger partial charge in [0.05, 0.1) is 0 Å². The van der Waals surface area contributed by atoms with Crippen LogP contribution in [0.5, 0.6) is 0 Å². The molecule has 0 saturated carbocycles. The van der Waals surface area contributed by atoms with Crippen molar-refractivity contribution in [3.8, 4) is 0 Å². The summed E-state index contributed by atoms with van der Waals surface area (Å²) in [5.41, 5.74) is 0. The summed E-state index contributed by atoms with van der Waals surface area (Å²) in [6.07, 6.45) is 86.1. The molecule has 0 aromatic carbocycles. The van der Waals surface area contributed by atoms with Gasteiger partial charge in [-0.05, 0) is 135 Å². The highest BCUT2D eigenvalue weighted by Gasteiger charge is 2.19. The van der Waals surface area contributed by atoms with Gasteiger partial charge in [0.2, 0.25) is 0 Å². The van der Waals surface area contributed by atoms with Crippen LogP contribution in [0, 0.1) is 0 Å². The molecule has 0 spiro atoms. The van der Waals surface area contributed by atoms with Crippen LogP contribution in [0.25, 0.3) is 0 Å². The molecule has 0 N–H and O–H groups in total. The van der Waals surface area contributed by atoms with Crippen LogP contribution in [0.3, 0.4) is 0 Å². The van der Waals surface area contributed by atoms with Crippen molar-refractivity contribution in [2.24, 2.45) is 0 Å². The largest absolute Gasteiger partial charge is 0.462 e. The lowest BCUT2D eigenvalue weighted by molar-refractivity contribution is -0.166. The van der Waals surface area contributed by atoms with E-state index in [2.05, 4.69) is 191 Å². The summed E-state index contributed by atoms with van der Waals surface area (Å²) in [5, 5.41) is 0. The van der Waals surface area contributed by atoms with Gasteiger partial charge in [0.15, 0.2) is 6.10 Å². The van der Waals surface area contributed by atoms with Gasteiger partial charge in [-0.1, -0.05) is 216 Å². The first-order valence-corrected chi connectivity index (χ1v) is 27.3. The third-order valence-corrected chi connectivity index (χ3v) is 10.4. The average molecular weight is 973 g/mol. The first-order chi connectivity index (χ1) is 35.0. The third-order valence-electron chi connectivity index (χ3n) is 10.4. The smallest absolute Gasteiger partial charge is 0.306 e. The molecule has 6 nitrogen and oxygen atoms in total. The van der Waals surface area contributed by atoms with Crippen molar-refractivity contribution >= 4 is 17.9 Å². The highest BCUT2D eigenvalue weighted by Crippen LogP contribution is 2.10. The van der Waals surface area contributed by atoms with Crippen molar-refractivity contribution in [2.75, 3.05) is 13.2 Å². The third kappa shape index (κ3) is 55.3. The van der Waals surface area contributed by atoms with E-state index in [0.29, 0.717) is 19.3 Å². The fraction of sp³-hybridized carbons (Fsp3) is 0.492. The van der Waals surface area contributed by atoms with Crippen molar-refractivity contribution in [1.82, 2.24) is 0 Å². The zero-order valence-electron chi connectivity index (χ0n) is 44.6. The second-order valence-electron chi connectivity index (χ2n) is 17.0. The topological polar surface area (TPSA) is 78.9 Å². The maximum absolute atomic E-state index is 12.8. The molecule has 0 saturated heterocycles. The van der Waals surface area contributed by atoms with Gasteiger partial charge >= 0.3 is 17.9 Å². The van der Waals surface area contributed by atoms with Crippen LogP contribution in [-0.2, 0) is 28.6 Å². The standard InChI is InChI=1S/C65H96O6/c1-4-7-10-13-16-19-22-25-28-31-32-35-37-40-43-46-49-52-55-58-64(67)70-61-62(71-65(68)59-56-53-50-47-44-41-38-34-30-27-24-21-18-15-12-9-6-3)60-69-63(66)57-54-51-48-45-42-39-36-33-29-26-23-20-17-14-11-8-5-2/h7-12,16-21,25-30,32,35-36,38-41,43,47,49-50,52,62H,4-6,13-15,22-24,31,33-34,37,42,44-46,48,51,53-61H2,1-3H3/b10-7-,11-8-,12-9-,19-16-,20-17-,21-18-,28-25-,29-26-,30-27-,35-32-,39-36-,41-38-,43-40-,50-47-,52-49-. The summed E-state index contributed by atoms with van der Waals surface area (Å²) in [6, 6.07) is 0. The fourth-order valence-corrected chi connectivity index (χ4v) is 6.43. The van der Waals surface area contributed by atoms with Gasteiger partial charge < -0.3 is 14.2 Å². The van der Waals surface area contributed by atoms with E-state index in [1.807, 2.05) is 12.2 Å². The van der Waals surface area contributed by atoms with E-state index in [4.69, 9.17) is 14.2 Å². The molecule has 0 aliphatic rings. The van der Waals surface area contributed by atoms with E-state index in [1.54, 1.807) is 0 Å². The van der Waals surface area contributed by atoms with Gasteiger partial charge in [-0.25, -0.2) is 0 Å². The molecular formula is C65H96O6. The van der Waals surface area contributed by atoms with Gasteiger partial charge in [0, 0.05) is 19.3 Å². The minimum atomic E-state index is -0.860. The van der Waals surface area contributed by atoms with Crippen molar-refractivity contribution < 1.29 is 28.6 Å². The first-order valence-electron chi connectivity index (χ1n) is 27.3. The molecule has 0 heterocycles. The number of carbonyl (C=O) groups is 3. The van der Waals surface area contributed by atoms with E-state index in [-0.39, 0.29) is 38.0 Å². The molecule has 1 atom stereocenters. The lowest BCUT2D eigenvalue weighted by atomic mass is 10.1. The molecule has 0 fully saturated rings. The Bertz CT molecular complexity index is 1730. The molecule has 0 aromatic rings. The van der Waals surface area contributed by atoms with Crippen LogP contribution < -0.4 is 0 Å². The number of hydrogen-bond acceptors (Lipinski definition) is 6. The Morgan fingerprint density at radius 2 is 0.549 bits per heavy atom. The van der Waals surface area contributed by atoms with Crippen molar-refractivity contribution in [1.29, 1.82) is 0 Å². The highest BCUT2D eigenvalue weighted by molar-refractivity contribution is 5.71. The molecule has 0 aliphatic heterocycles. The van der Waals surface area contributed by atoms with Crippen molar-refractivity contribution in [3.05, 3.63) is 182 Å². The monoisotopic (exact) mass is 973 g/mol. The van der Waals surface area contributed by atoms with Crippen LogP contribution in [0.2, 0.25) is 0 Å². The fourth-order valence-electron chi connectivity index (χ4n) is 6.43. The van der Waals surface area contributed by atoms with Gasteiger partial charge in [0.1, 0.15) is 13.2 Å². The van der Waals surface area contributed by atoms with Crippen LogP contribution in [0.15, 0.2) is 182 Å². The maximum atomic E-state index is 12.8. The Hall–Kier alpha value is -5.49. The molecule has 71 heavy (non-hydrogen) atoms. The number of rotatable bonds is 46. The van der Waals surface area contributed by atoms with Crippen LogP contribution in [-0.4, -0.2) is 37.2 Å². The SMILES string of the molecule is CC/C=C\C/C=C\C/C=C\C/C=C\C/C=C\C/C=C\CCC(=O)OCC(COC(=O)CCCCCC/C=C\C/C=C\C/C=C\C/C=C\CC)OC(=O)CCC/C=C\C/C=C\C/C=C\C/C=C\C/C=C\CC. The summed E-state index contributed by atoms with van der Waals surface area (Å²) in [5.74, 6) is -1.13. The maximum Gasteiger partial charge on any atom is 0.306 e. The Morgan fingerprint density at radius 1 is 0.282 bits per heavy atom. The predicted molar refractivity (Wildman–Crippen MR) is 306 cm³/mol. The van der Waals surface area contributed by atoms with Gasteiger partial charge in [0.25, 0.3) is 0 Å². The second kappa shape index (κ2) is 57.1. The quantitative estimate of drug-likeness (QED) is 0.0262. The summed E-state index contributed by atoms with van der Waals surface area (Å²) >= 11 is 0. The number of hydrogen-bond donors (Lipinski definition) is 0. The first kappa shape index (κ1) is 65.5. The van der Waals surface area contributed by atoms with Gasteiger partial charge in [-0.3, -0.25) is 14.4 Å². The summed E-state index contributed by atoms with van der Waals surface area (Å²) in [6.45, 7) is 6.13. The molecule has 0 radical (unpaired) electrons. The van der Waals surface area contributed by atoms with Crippen molar-refractivity contribution in [3.63, 3.8) is 0 Å². The molecular weight excluding hydrogens is 877 g/mol. The minimum Gasteiger partial charge on any atom is -0.462 e. The Morgan fingerprint density at radius 3 is 0.901 bits per heavy atom. The minimum absolute atomic E-state index is 0.147. The Labute approximate surface area is 434 Å². The number of esters is 3. The Balaban J connectivity index is 4.68. The molecule has 0 aromatic heterocycles. The predicted octanol–water partition coefficient (Wildman–Crippen LogP) is 18.5.